The molecular weight excluding hydrogens is 120 g/mol. The molecule has 0 bridgehead atoms. The van der Waals surface area contributed by atoms with E-state index in [4.69, 9.17) is 9.84 Å². The minimum atomic E-state index is -0.823. The lowest BCUT2D eigenvalue weighted by Crippen LogP contribution is -2.50. The third-order valence-electron chi connectivity index (χ3n) is 1.85. The van der Waals surface area contributed by atoms with Crippen molar-refractivity contribution in [3.8, 4) is 0 Å². The minimum Gasteiger partial charge on any atom is -0.479 e. The van der Waals surface area contributed by atoms with Crippen LogP contribution in [-0.4, -0.2) is 23.3 Å². The predicted molar refractivity (Wildman–Crippen MR) is 31.2 cm³/mol. The Balaban J connectivity index is 2.57. The van der Waals surface area contributed by atoms with Gasteiger partial charge < -0.3 is 9.84 Å². The number of carbonyl (C=O) groups is 1. The molecule has 0 saturated carbocycles. The van der Waals surface area contributed by atoms with Gasteiger partial charge in [0, 0.05) is 6.42 Å². The van der Waals surface area contributed by atoms with Crippen LogP contribution in [0.25, 0.3) is 0 Å². The van der Waals surface area contributed by atoms with Gasteiger partial charge in [0.05, 0.1) is 6.61 Å². The fourth-order valence-electron chi connectivity index (χ4n) is 0.947. The summed E-state index contributed by atoms with van der Waals surface area (Å²) in [7, 11) is 0. The van der Waals surface area contributed by atoms with Crippen molar-refractivity contribution < 1.29 is 14.6 Å². The van der Waals surface area contributed by atoms with E-state index in [1.165, 1.54) is 0 Å². The van der Waals surface area contributed by atoms with Crippen LogP contribution >= 0.6 is 0 Å². The van der Waals surface area contributed by atoms with Crippen molar-refractivity contribution in [2.75, 3.05) is 6.61 Å². The third kappa shape index (κ3) is 0.812. The summed E-state index contributed by atoms with van der Waals surface area (Å²) in [6, 6.07) is 0. The SMILES string of the molecule is CCC1(C(=O)O)CCO1. The smallest absolute Gasteiger partial charge is 0.336 e. The molecular formula is C6H10O3. The molecule has 0 aromatic heterocycles. The maximum Gasteiger partial charge on any atom is 0.336 e. The summed E-state index contributed by atoms with van der Waals surface area (Å²) in [5.74, 6) is -0.823. The van der Waals surface area contributed by atoms with Crippen LogP contribution in [0.15, 0.2) is 0 Å². The number of hydrogen-bond donors (Lipinski definition) is 1. The van der Waals surface area contributed by atoms with E-state index in [-0.39, 0.29) is 0 Å². The summed E-state index contributed by atoms with van der Waals surface area (Å²) in [5.41, 5.74) is -0.819. The Morgan fingerprint density at radius 2 is 2.44 bits per heavy atom. The third-order valence-corrected chi connectivity index (χ3v) is 1.85. The van der Waals surface area contributed by atoms with Gasteiger partial charge in [-0.25, -0.2) is 4.79 Å². The summed E-state index contributed by atoms with van der Waals surface area (Å²) in [5, 5.41) is 8.56. The first kappa shape index (κ1) is 6.55. The lowest BCUT2D eigenvalue weighted by molar-refractivity contribution is -0.194. The summed E-state index contributed by atoms with van der Waals surface area (Å²) in [6.45, 7) is 2.42. The van der Waals surface area contributed by atoms with Crippen LogP contribution in [0.4, 0.5) is 0 Å². The van der Waals surface area contributed by atoms with Crippen molar-refractivity contribution in [2.45, 2.75) is 25.4 Å². The molecule has 0 aromatic rings. The highest BCUT2D eigenvalue weighted by Gasteiger charge is 2.44. The second-order valence-electron chi connectivity index (χ2n) is 2.25. The number of rotatable bonds is 2. The molecule has 0 amide bonds. The van der Waals surface area contributed by atoms with Crippen molar-refractivity contribution in [1.82, 2.24) is 0 Å². The normalized spacial score (nSPS) is 33.4. The molecule has 1 aliphatic rings. The van der Waals surface area contributed by atoms with Gasteiger partial charge in [-0.05, 0) is 6.42 Å². The van der Waals surface area contributed by atoms with Gasteiger partial charge >= 0.3 is 5.97 Å². The van der Waals surface area contributed by atoms with E-state index in [0.29, 0.717) is 19.4 Å². The van der Waals surface area contributed by atoms with Crippen LogP contribution in [0, 0.1) is 0 Å². The highest BCUT2D eigenvalue weighted by molar-refractivity contribution is 5.78. The van der Waals surface area contributed by atoms with E-state index in [1.807, 2.05) is 6.92 Å². The molecule has 0 aromatic carbocycles. The molecule has 1 heterocycles. The van der Waals surface area contributed by atoms with E-state index in [1.54, 1.807) is 0 Å². The van der Waals surface area contributed by atoms with Crippen LogP contribution in [-0.2, 0) is 9.53 Å². The first-order valence-corrected chi connectivity index (χ1v) is 3.08. The van der Waals surface area contributed by atoms with E-state index in [9.17, 15) is 4.79 Å². The van der Waals surface area contributed by atoms with Gasteiger partial charge in [-0.2, -0.15) is 0 Å². The van der Waals surface area contributed by atoms with Gasteiger partial charge in [0.2, 0.25) is 0 Å². The molecule has 0 radical (unpaired) electrons. The maximum absolute atomic E-state index is 10.4. The second-order valence-corrected chi connectivity index (χ2v) is 2.25. The molecule has 9 heavy (non-hydrogen) atoms. The monoisotopic (exact) mass is 130 g/mol. The molecule has 0 spiro atoms. The molecule has 1 unspecified atom stereocenters. The summed E-state index contributed by atoms with van der Waals surface area (Å²) >= 11 is 0. The van der Waals surface area contributed by atoms with Gasteiger partial charge in [-0.1, -0.05) is 6.92 Å². The Bertz CT molecular complexity index is 121. The largest absolute Gasteiger partial charge is 0.479 e. The van der Waals surface area contributed by atoms with Crippen molar-refractivity contribution in [3.63, 3.8) is 0 Å². The molecule has 52 valence electrons. The van der Waals surface area contributed by atoms with E-state index in [0.717, 1.165) is 0 Å². The lowest BCUT2D eigenvalue weighted by Gasteiger charge is -2.36. The standard InChI is InChI=1S/C6H10O3/c1-2-6(5(7)8)3-4-9-6/h2-4H2,1H3,(H,7,8). The van der Waals surface area contributed by atoms with Crippen molar-refractivity contribution in [2.24, 2.45) is 0 Å². The predicted octanol–water partition coefficient (Wildman–Crippen LogP) is 0.640. The highest BCUT2D eigenvalue weighted by Crippen LogP contribution is 2.29. The van der Waals surface area contributed by atoms with Crippen LogP contribution in [0.2, 0.25) is 0 Å². The molecule has 1 aliphatic heterocycles. The maximum atomic E-state index is 10.4. The van der Waals surface area contributed by atoms with E-state index in [2.05, 4.69) is 0 Å². The molecule has 3 heteroatoms. The summed E-state index contributed by atoms with van der Waals surface area (Å²) < 4.78 is 4.93. The minimum absolute atomic E-state index is 0.572. The summed E-state index contributed by atoms with van der Waals surface area (Å²) in [6.07, 6.45) is 1.24. The van der Waals surface area contributed by atoms with Crippen molar-refractivity contribution in [3.05, 3.63) is 0 Å². The van der Waals surface area contributed by atoms with Gasteiger partial charge in [0.15, 0.2) is 5.60 Å². The number of carboxylic acid groups (broad SMARTS) is 1. The zero-order valence-corrected chi connectivity index (χ0v) is 5.39. The Hall–Kier alpha value is -0.570. The first-order chi connectivity index (χ1) is 4.21. The number of hydrogen-bond acceptors (Lipinski definition) is 2. The molecule has 1 rings (SSSR count). The first-order valence-electron chi connectivity index (χ1n) is 3.08. The Morgan fingerprint density at radius 3 is 2.44 bits per heavy atom. The van der Waals surface area contributed by atoms with Crippen LogP contribution in [0.5, 0.6) is 0 Å². The summed E-state index contributed by atoms with van der Waals surface area (Å²) in [4.78, 5) is 10.4. The molecule has 3 nitrogen and oxygen atoms in total. The van der Waals surface area contributed by atoms with Crippen LogP contribution in [0.3, 0.4) is 0 Å². The number of ether oxygens (including phenoxy) is 1. The molecule has 1 atom stereocenters. The Labute approximate surface area is 53.6 Å². The number of carboxylic acids is 1. The molecule has 1 saturated heterocycles. The van der Waals surface area contributed by atoms with Crippen molar-refractivity contribution >= 4 is 5.97 Å². The van der Waals surface area contributed by atoms with Gasteiger partial charge in [0.1, 0.15) is 0 Å². The van der Waals surface area contributed by atoms with E-state index < -0.39 is 11.6 Å². The lowest BCUT2D eigenvalue weighted by atomic mass is 9.92. The van der Waals surface area contributed by atoms with E-state index >= 15 is 0 Å². The Morgan fingerprint density at radius 1 is 1.89 bits per heavy atom. The zero-order valence-electron chi connectivity index (χ0n) is 5.39. The topological polar surface area (TPSA) is 46.5 Å². The second kappa shape index (κ2) is 1.99. The average Bonchev–Trinajstić information content (AvgIpc) is 1.62. The average molecular weight is 130 g/mol. The van der Waals surface area contributed by atoms with Gasteiger partial charge in [0.25, 0.3) is 0 Å². The van der Waals surface area contributed by atoms with Crippen LogP contribution < -0.4 is 0 Å². The van der Waals surface area contributed by atoms with Gasteiger partial charge in [-0.15, -0.1) is 0 Å². The highest BCUT2D eigenvalue weighted by atomic mass is 16.5. The fourth-order valence-corrected chi connectivity index (χ4v) is 0.947. The fraction of sp³-hybridized carbons (Fsp3) is 0.833. The zero-order chi connectivity index (χ0) is 6.91. The van der Waals surface area contributed by atoms with Crippen molar-refractivity contribution in [1.29, 1.82) is 0 Å². The van der Waals surface area contributed by atoms with Gasteiger partial charge in [-0.3, -0.25) is 0 Å². The quantitative estimate of drug-likeness (QED) is 0.596. The number of aliphatic carboxylic acids is 1. The molecule has 1 N–H and O–H groups in total. The molecule has 0 aliphatic carbocycles. The molecule has 1 fully saturated rings. The van der Waals surface area contributed by atoms with Crippen LogP contribution in [0.1, 0.15) is 19.8 Å². The Kier molecular flexibility index (Phi) is 1.45.